The zero-order valence-corrected chi connectivity index (χ0v) is 13.1. The van der Waals surface area contributed by atoms with E-state index in [1.54, 1.807) is 17.7 Å². The van der Waals surface area contributed by atoms with Crippen molar-refractivity contribution in [3.05, 3.63) is 71.9 Å². The standard InChI is InChI=1S/C20H17NO2/c1-14(22)18-13-21(19-11-7-6-10-17(18)19)20(15(2)23)12-16-8-4-3-5-9-16/h3-13H,1-2H3/b20-12-. The minimum absolute atomic E-state index is 0.0115. The molecule has 3 aromatic rings. The molecule has 1 heterocycles. The van der Waals surface area contributed by atoms with Gasteiger partial charge in [0.2, 0.25) is 0 Å². The Morgan fingerprint density at radius 1 is 0.913 bits per heavy atom. The number of rotatable bonds is 4. The van der Waals surface area contributed by atoms with Crippen LogP contribution in [0.25, 0.3) is 22.7 Å². The fourth-order valence-corrected chi connectivity index (χ4v) is 2.71. The number of fused-ring (bicyclic) bond motifs is 1. The number of hydrogen-bond donors (Lipinski definition) is 0. The van der Waals surface area contributed by atoms with Crippen molar-refractivity contribution in [2.75, 3.05) is 0 Å². The summed E-state index contributed by atoms with van der Waals surface area (Å²) in [4.78, 5) is 24.1. The van der Waals surface area contributed by atoms with Crippen LogP contribution in [-0.2, 0) is 4.79 Å². The summed E-state index contributed by atoms with van der Waals surface area (Å²) >= 11 is 0. The van der Waals surface area contributed by atoms with Gasteiger partial charge in [0, 0.05) is 24.1 Å². The van der Waals surface area contributed by atoms with E-state index in [1.807, 2.05) is 60.7 Å². The minimum Gasteiger partial charge on any atom is -0.313 e. The van der Waals surface area contributed by atoms with Crippen LogP contribution in [0.5, 0.6) is 0 Å². The maximum Gasteiger partial charge on any atom is 0.176 e. The monoisotopic (exact) mass is 303 g/mol. The molecule has 0 aliphatic rings. The molecule has 1 aromatic heterocycles. The first-order chi connectivity index (χ1) is 11.1. The van der Waals surface area contributed by atoms with E-state index in [2.05, 4.69) is 0 Å². The molecule has 23 heavy (non-hydrogen) atoms. The summed E-state index contributed by atoms with van der Waals surface area (Å²) in [5.41, 5.74) is 2.97. The van der Waals surface area contributed by atoms with E-state index in [4.69, 9.17) is 0 Å². The number of nitrogens with zero attached hydrogens (tertiary/aromatic N) is 1. The summed E-state index contributed by atoms with van der Waals surface area (Å²) in [6.45, 7) is 3.08. The highest BCUT2D eigenvalue weighted by molar-refractivity contribution is 6.21. The van der Waals surface area contributed by atoms with Crippen LogP contribution in [-0.4, -0.2) is 16.1 Å². The zero-order chi connectivity index (χ0) is 16.4. The lowest BCUT2D eigenvalue weighted by atomic mass is 10.1. The van der Waals surface area contributed by atoms with Gasteiger partial charge in [-0.25, -0.2) is 0 Å². The third-order valence-corrected chi connectivity index (χ3v) is 3.81. The molecule has 0 atom stereocenters. The van der Waals surface area contributed by atoms with Crippen molar-refractivity contribution in [1.82, 2.24) is 4.57 Å². The first-order valence-electron chi connectivity index (χ1n) is 7.47. The van der Waals surface area contributed by atoms with Crippen molar-refractivity contribution in [3.63, 3.8) is 0 Å². The van der Waals surface area contributed by atoms with Gasteiger partial charge in [-0.05, 0) is 24.6 Å². The van der Waals surface area contributed by atoms with Gasteiger partial charge < -0.3 is 4.57 Å². The highest BCUT2D eigenvalue weighted by Gasteiger charge is 2.16. The maximum absolute atomic E-state index is 12.2. The van der Waals surface area contributed by atoms with E-state index in [1.165, 1.54) is 6.92 Å². The number of benzene rings is 2. The Kier molecular flexibility index (Phi) is 3.94. The molecular formula is C20H17NO2. The Bertz CT molecular complexity index is 917. The Labute approximate surface area is 134 Å². The lowest BCUT2D eigenvalue weighted by Gasteiger charge is -2.08. The quantitative estimate of drug-likeness (QED) is 0.528. The average molecular weight is 303 g/mol. The molecule has 3 rings (SSSR count). The van der Waals surface area contributed by atoms with Crippen LogP contribution in [0.15, 0.2) is 60.8 Å². The van der Waals surface area contributed by atoms with Gasteiger partial charge in [0.1, 0.15) is 0 Å². The molecule has 0 saturated carbocycles. The number of ketones is 2. The SMILES string of the molecule is CC(=O)/C(=C/c1ccccc1)n1cc(C(C)=O)c2ccccc21. The molecule has 0 fully saturated rings. The molecule has 0 saturated heterocycles. The van der Waals surface area contributed by atoms with Gasteiger partial charge >= 0.3 is 0 Å². The number of para-hydroxylation sites is 1. The van der Waals surface area contributed by atoms with E-state index in [-0.39, 0.29) is 11.6 Å². The van der Waals surface area contributed by atoms with Gasteiger partial charge in [0.25, 0.3) is 0 Å². The van der Waals surface area contributed by atoms with E-state index in [9.17, 15) is 9.59 Å². The number of allylic oxidation sites excluding steroid dienone is 1. The number of carbonyl (C=O) groups is 2. The first-order valence-corrected chi connectivity index (χ1v) is 7.47. The molecule has 0 radical (unpaired) electrons. The molecule has 0 aliphatic heterocycles. The number of aromatic nitrogens is 1. The largest absolute Gasteiger partial charge is 0.313 e. The van der Waals surface area contributed by atoms with Crippen LogP contribution in [0.2, 0.25) is 0 Å². The van der Waals surface area contributed by atoms with Gasteiger partial charge in [-0.1, -0.05) is 48.5 Å². The number of carbonyl (C=O) groups excluding carboxylic acids is 2. The van der Waals surface area contributed by atoms with E-state index in [0.29, 0.717) is 11.3 Å². The summed E-state index contributed by atoms with van der Waals surface area (Å²) in [7, 11) is 0. The molecule has 0 N–H and O–H groups in total. The molecule has 3 heteroatoms. The number of hydrogen-bond acceptors (Lipinski definition) is 2. The van der Waals surface area contributed by atoms with Crippen molar-refractivity contribution in [3.8, 4) is 0 Å². The summed E-state index contributed by atoms with van der Waals surface area (Å²) in [6.07, 6.45) is 3.60. The van der Waals surface area contributed by atoms with Crippen molar-refractivity contribution < 1.29 is 9.59 Å². The maximum atomic E-state index is 12.2. The normalized spacial score (nSPS) is 11.7. The predicted molar refractivity (Wildman–Crippen MR) is 93.2 cm³/mol. The first kappa shape index (κ1) is 15.0. The fraction of sp³-hybridized carbons (Fsp3) is 0.100. The molecule has 0 bridgehead atoms. The Hall–Kier alpha value is -2.94. The van der Waals surface area contributed by atoms with Gasteiger partial charge in [-0.3, -0.25) is 9.59 Å². The Morgan fingerprint density at radius 3 is 2.22 bits per heavy atom. The van der Waals surface area contributed by atoms with Gasteiger partial charge in [-0.15, -0.1) is 0 Å². The predicted octanol–water partition coefficient (Wildman–Crippen LogP) is 4.43. The van der Waals surface area contributed by atoms with Gasteiger partial charge in [0.05, 0.1) is 11.2 Å². The molecule has 3 nitrogen and oxygen atoms in total. The third-order valence-electron chi connectivity index (χ3n) is 3.81. The molecule has 2 aromatic carbocycles. The lowest BCUT2D eigenvalue weighted by Crippen LogP contribution is -2.04. The fourth-order valence-electron chi connectivity index (χ4n) is 2.71. The Morgan fingerprint density at radius 2 is 1.57 bits per heavy atom. The van der Waals surface area contributed by atoms with Crippen molar-refractivity contribution in [2.45, 2.75) is 13.8 Å². The second-order valence-electron chi connectivity index (χ2n) is 5.48. The molecular weight excluding hydrogens is 286 g/mol. The highest BCUT2D eigenvalue weighted by atomic mass is 16.1. The zero-order valence-electron chi connectivity index (χ0n) is 13.1. The third kappa shape index (κ3) is 2.86. The van der Waals surface area contributed by atoms with E-state index < -0.39 is 0 Å². The summed E-state index contributed by atoms with van der Waals surface area (Å²) in [5, 5.41) is 0.861. The van der Waals surface area contributed by atoms with Gasteiger partial charge in [0.15, 0.2) is 11.6 Å². The molecule has 114 valence electrons. The van der Waals surface area contributed by atoms with Crippen LogP contribution in [0.3, 0.4) is 0 Å². The summed E-state index contributed by atoms with van der Waals surface area (Å²) in [5.74, 6) is -0.0627. The van der Waals surface area contributed by atoms with E-state index >= 15 is 0 Å². The summed E-state index contributed by atoms with van der Waals surface area (Å²) in [6, 6.07) is 17.3. The lowest BCUT2D eigenvalue weighted by molar-refractivity contribution is -0.112. The van der Waals surface area contributed by atoms with Gasteiger partial charge in [-0.2, -0.15) is 0 Å². The minimum atomic E-state index is -0.0512. The van der Waals surface area contributed by atoms with Crippen LogP contribution in [0.4, 0.5) is 0 Å². The van der Waals surface area contributed by atoms with Crippen molar-refractivity contribution >= 4 is 34.2 Å². The van der Waals surface area contributed by atoms with Crippen LogP contribution < -0.4 is 0 Å². The number of Topliss-reactive ketones (excluding diaryl/α,β-unsaturated/α-hetero) is 2. The Balaban J connectivity index is 2.26. The topological polar surface area (TPSA) is 39.1 Å². The highest BCUT2D eigenvalue weighted by Crippen LogP contribution is 2.26. The second kappa shape index (κ2) is 6.05. The summed E-state index contributed by atoms with van der Waals surface area (Å²) < 4.78 is 1.81. The molecule has 0 spiro atoms. The van der Waals surface area contributed by atoms with Crippen LogP contribution in [0, 0.1) is 0 Å². The smallest absolute Gasteiger partial charge is 0.176 e. The molecule has 0 aliphatic carbocycles. The van der Waals surface area contributed by atoms with Crippen LogP contribution in [0.1, 0.15) is 29.8 Å². The van der Waals surface area contributed by atoms with Crippen LogP contribution >= 0.6 is 0 Å². The average Bonchev–Trinajstić information content (AvgIpc) is 2.93. The van der Waals surface area contributed by atoms with Crippen molar-refractivity contribution in [1.29, 1.82) is 0 Å². The van der Waals surface area contributed by atoms with E-state index in [0.717, 1.165) is 16.5 Å². The molecule has 0 amide bonds. The molecule has 0 unspecified atom stereocenters. The van der Waals surface area contributed by atoms with Crippen molar-refractivity contribution in [2.24, 2.45) is 0 Å². The second-order valence-corrected chi connectivity index (χ2v) is 5.48.